The van der Waals surface area contributed by atoms with Crippen molar-refractivity contribution in [3.63, 3.8) is 0 Å². The summed E-state index contributed by atoms with van der Waals surface area (Å²) in [6.07, 6.45) is 4.29. The molecule has 2 aliphatic heterocycles. The zero-order chi connectivity index (χ0) is 11.4. The van der Waals surface area contributed by atoms with Gasteiger partial charge >= 0.3 is 0 Å². The molecule has 94 valence electrons. The SMILES string of the molecule is CCC1CCN(CC2CCOC2C)CCN1. The van der Waals surface area contributed by atoms with Crippen LogP contribution in [0.3, 0.4) is 0 Å². The second-order valence-electron chi connectivity index (χ2n) is 5.27. The van der Waals surface area contributed by atoms with Gasteiger partial charge in [-0.25, -0.2) is 0 Å². The molecule has 0 spiro atoms. The summed E-state index contributed by atoms with van der Waals surface area (Å²) in [4.78, 5) is 2.62. The van der Waals surface area contributed by atoms with Gasteiger partial charge in [0.25, 0.3) is 0 Å². The normalized spacial score (nSPS) is 37.5. The van der Waals surface area contributed by atoms with E-state index in [0.29, 0.717) is 6.10 Å². The number of hydrogen-bond donors (Lipinski definition) is 1. The molecule has 3 unspecified atom stereocenters. The largest absolute Gasteiger partial charge is 0.378 e. The van der Waals surface area contributed by atoms with Crippen molar-refractivity contribution in [2.24, 2.45) is 5.92 Å². The van der Waals surface area contributed by atoms with E-state index < -0.39 is 0 Å². The molecule has 0 aromatic carbocycles. The van der Waals surface area contributed by atoms with Crippen molar-refractivity contribution in [2.45, 2.75) is 45.3 Å². The highest BCUT2D eigenvalue weighted by Gasteiger charge is 2.26. The van der Waals surface area contributed by atoms with Gasteiger partial charge in [0.15, 0.2) is 0 Å². The summed E-state index contributed by atoms with van der Waals surface area (Å²) in [7, 11) is 0. The van der Waals surface area contributed by atoms with Gasteiger partial charge in [-0.15, -0.1) is 0 Å². The summed E-state index contributed by atoms with van der Waals surface area (Å²) in [5.41, 5.74) is 0. The zero-order valence-electron chi connectivity index (χ0n) is 10.7. The van der Waals surface area contributed by atoms with Crippen molar-refractivity contribution in [3.05, 3.63) is 0 Å². The molecule has 0 radical (unpaired) electrons. The van der Waals surface area contributed by atoms with Crippen LogP contribution in [0.15, 0.2) is 0 Å². The first-order valence-corrected chi connectivity index (χ1v) is 6.87. The Hall–Kier alpha value is -0.120. The maximum absolute atomic E-state index is 5.64. The van der Waals surface area contributed by atoms with Crippen molar-refractivity contribution in [3.8, 4) is 0 Å². The summed E-state index contributed by atoms with van der Waals surface area (Å²) in [5, 5.41) is 3.62. The highest BCUT2D eigenvalue weighted by atomic mass is 16.5. The molecule has 3 heteroatoms. The highest BCUT2D eigenvalue weighted by Crippen LogP contribution is 2.22. The monoisotopic (exact) mass is 226 g/mol. The standard InChI is InChI=1S/C13H26N2O/c1-3-13-4-7-15(8-6-14-13)10-12-5-9-16-11(12)2/h11-14H,3-10H2,1-2H3. The molecular weight excluding hydrogens is 200 g/mol. The smallest absolute Gasteiger partial charge is 0.0588 e. The first-order valence-electron chi connectivity index (χ1n) is 6.87. The summed E-state index contributed by atoms with van der Waals surface area (Å²) in [6, 6.07) is 0.738. The number of hydrogen-bond acceptors (Lipinski definition) is 3. The third-order valence-corrected chi connectivity index (χ3v) is 4.17. The van der Waals surface area contributed by atoms with Crippen LogP contribution in [0.2, 0.25) is 0 Å². The summed E-state index contributed by atoms with van der Waals surface area (Å²) < 4.78 is 5.64. The average Bonchev–Trinajstić information content (AvgIpc) is 2.56. The molecule has 2 saturated heterocycles. The number of nitrogens with one attached hydrogen (secondary N) is 1. The van der Waals surface area contributed by atoms with E-state index in [0.717, 1.165) is 25.1 Å². The molecule has 0 aromatic heterocycles. The fourth-order valence-electron chi connectivity index (χ4n) is 2.86. The van der Waals surface area contributed by atoms with Crippen LogP contribution in [0.4, 0.5) is 0 Å². The van der Waals surface area contributed by atoms with Gasteiger partial charge in [0, 0.05) is 32.3 Å². The number of ether oxygens (including phenoxy) is 1. The molecule has 3 atom stereocenters. The second kappa shape index (κ2) is 5.99. The Kier molecular flexibility index (Phi) is 4.62. The van der Waals surface area contributed by atoms with Crippen LogP contribution in [-0.4, -0.2) is 49.8 Å². The van der Waals surface area contributed by atoms with Crippen molar-refractivity contribution >= 4 is 0 Å². The zero-order valence-corrected chi connectivity index (χ0v) is 10.7. The van der Waals surface area contributed by atoms with E-state index in [9.17, 15) is 0 Å². The molecule has 2 rings (SSSR count). The van der Waals surface area contributed by atoms with Crippen molar-refractivity contribution in [1.82, 2.24) is 10.2 Å². The summed E-state index contributed by atoms with van der Waals surface area (Å²) in [5.74, 6) is 0.762. The van der Waals surface area contributed by atoms with E-state index in [4.69, 9.17) is 4.74 Å². The third-order valence-electron chi connectivity index (χ3n) is 4.17. The van der Waals surface area contributed by atoms with Gasteiger partial charge in [0.1, 0.15) is 0 Å². The predicted molar refractivity (Wildman–Crippen MR) is 66.7 cm³/mol. The Balaban J connectivity index is 1.77. The van der Waals surface area contributed by atoms with Crippen LogP contribution in [-0.2, 0) is 4.74 Å². The Morgan fingerprint density at radius 1 is 1.31 bits per heavy atom. The molecule has 2 aliphatic rings. The van der Waals surface area contributed by atoms with Gasteiger partial charge in [-0.3, -0.25) is 0 Å². The van der Waals surface area contributed by atoms with Crippen molar-refractivity contribution in [2.75, 3.05) is 32.8 Å². The quantitative estimate of drug-likeness (QED) is 0.789. The lowest BCUT2D eigenvalue weighted by Gasteiger charge is -2.25. The molecule has 0 bridgehead atoms. The fourth-order valence-corrected chi connectivity index (χ4v) is 2.86. The van der Waals surface area contributed by atoms with E-state index in [2.05, 4.69) is 24.1 Å². The first kappa shape index (κ1) is 12.3. The third kappa shape index (κ3) is 3.19. The van der Waals surface area contributed by atoms with Gasteiger partial charge in [-0.05, 0) is 38.6 Å². The second-order valence-corrected chi connectivity index (χ2v) is 5.27. The minimum absolute atomic E-state index is 0.471. The van der Waals surface area contributed by atoms with E-state index >= 15 is 0 Å². The van der Waals surface area contributed by atoms with Crippen molar-refractivity contribution in [1.29, 1.82) is 0 Å². The maximum Gasteiger partial charge on any atom is 0.0588 e. The van der Waals surface area contributed by atoms with Crippen LogP contribution in [0, 0.1) is 5.92 Å². The molecule has 0 aliphatic carbocycles. The maximum atomic E-state index is 5.64. The van der Waals surface area contributed by atoms with Crippen LogP contribution >= 0.6 is 0 Å². The average molecular weight is 226 g/mol. The topological polar surface area (TPSA) is 24.5 Å². The fraction of sp³-hybridized carbons (Fsp3) is 1.00. The van der Waals surface area contributed by atoms with Crippen LogP contribution < -0.4 is 5.32 Å². The van der Waals surface area contributed by atoms with Gasteiger partial charge < -0.3 is 15.0 Å². The van der Waals surface area contributed by atoms with Gasteiger partial charge in [0.2, 0.25) is 0 Å². The van der Waals surface area contributed by atoms with Gasteiger partial charge in [0.05, 0.1) is 6.10 Å². The van der Waals surface area contributed by atoms with Crippen LogP contribution in [0.5, 0.6) is 0 Å². The molecule has 2 heterocycles. The van der Waals surface area contributed by atoms with Gasteiger partial charge in [-0.1, -0.05) is 6.92 Å². The lowest BCUT2D eigenvalue weighted by atomic mass is 10.0. The Bertz CT molecular complexity index is 210. The molecule has 3 nitrogen and oxygen atoms in total. The number of rotatable bonds is 3. The van der Waals surface area contributed by atoms with Crippen LogP contribution in [0.1, 0.15) is 33.1 Å². The minimum Gasteiger partial charge on any atom is -0.378 e. The molecule has 2 fully saturated rings. The van der Waals surface area contributed by atoms with Crippen LogP contribution in [0.25, 0.3) is 0 Å². The van der Waals surface area contributed by atoms with E-state index in [1.54, 1.807) is 0 Å². The van der Waals surface area contributed by atoms with Gasteiger partial charge in [-0.2, -0.15) is 0 Å². The predicted octanol–water partition coefficient (Wildman–Crippen LogP) is 1.49. The minimum atomic E-state index is 0.471. The molecule has 0 saturated carbocycles. The lowest BCUT2D eigenvalue weighted by Crippen LogP contribution is -2.35. The highest BCUT2D eigenvalue weighted by molar-refractivity contribution is 4.79. The van der Waals surface area contributed by atoms with E-state index in [1.807, 2.05) is 0 Å². The molecule has 1 N–H and O–H groups in total. The Morgan fingerprint density at radius 3 is 2.88 bits per heavy atom. The Morgan fingerprint density at radius 2 is 2.19 bits per heavy atom. The van der Waals surface area contributed by atoms with E-state index in [-0.39, 0.29) is 0 Å². The lowest BCUT2D eigenvalue weighted by molar-refractivity contribution is 0.0933. The van der Waals surface area contributed by atoms with Crippen molar-refractivity contribution < 1.29 is 4.74 Å². The first-order chi connectivity index (χ1) is 7.79. The molecule has 16 heavy (non-hydrogen) atoms. The Labute approximate surface area is 99.5 Å². The summed E-state index contributed by atoms with van der Waals surface area (Å²) >= 11 is 0. The number of nitrogens with zero attached hydrogens (tertiary/aromatic N) is 1. The molecule has 0 amide bonds. The molecule has 0 aromatic rings. The summed E-state index contributed by atoms with van der Waals surface area (Å²) in [6.45, 7) is 10.3. The van der Waals surface area contributed by atoms with E-state index in [1.165, 1.54) is 38.9 Å². The molecular formula is C13H26N2O.